The van der Waals surface area contributed by atoms with E-state index in [9.17, 15) is 9.59 Å². The third kappa shape index (κ3) is 4.46. The number of hydrogen-bond acceptors (Lipinski definition) is 8. The fourth-order valence-electron chi connectivity index (χ4n) is 4.13. The Labute approximate surface area is 216 Å². The summed E-state index contributed by atoms with van der Waals surface area (Å²) in [5, 5.41) is 4.03. The minimum atomic E-state index is -0.667. The monoisotopic (exact) mass is 524 g/mol. The molecule has 5 rings (SSSR count). The van der Waals surface area contributed by atoms with E-state index >= 15 is 0 Å². The molecule has 0 fully saturated rings. The molecule has 0 spiro atoms. The normalized spacial score (nSPS) is 12.9. The number of nitrogens with one attached hydrogen (secondary N) is 1. The molecule has 4 aromatic rings. The summed E-state index contributed by atoms with van der Waals surface area (Å²) in [6.07, 6.45) is 1.49. The standard InChI is InChI=1S/C24H22Cl2N8O2/c1-32(2)12-19(35)33-10-13-6-7-15(8-14(13)11-33)29-23-28-9-16-21(27)34(24(36)31-22(16)30-23)20-17(25)4-3-5-18(20)26/h3-9H,10-12,27H2,1-2H3,(H,29,30,31,36). The van der Waals surface area contributed by atoms with Gasteiger partial charge in [-0.2, -0.15) is 9.97 Å². The minimum absolute atomic E-state index is 0.0755. The number of benzene rings is 2. The highest BCUT2D eigenvalue weighted by molar-refractivity contribution is 6.37. The summed E-state index contributed by atoms with van der Waals surface area (Å²) in [6.45, 7) is 1.49. The maximum atomic E-state index is 12.8. The van der Waals surface area contributed by atoms with Crippen LogP contribution in [0.5, 0.6) is 0 Å². The molecule has 0 radical (unpaired) electrons. The van der Waals surface area contributed by atoms with Crippen molar-refractivity contribution in [3.8, 4) is 5.69 Å². The molecule has 36 heavy (non-hydrogen) atoms. The number of nitrogens with two attached hydrogens (primary N) is 1. The van der Waals surface area contributed by atoms with E-state index in [1.807, 2.05) is 42.1 Å². The number of fused-ring (bicyclic) bond motifs is 2. The van der Waals surface area contributed by atoms with Gasteiger partial charge in [0.25, 0.3) is 0 Å². The van der Waals surface area contributed by atoms with Gasteiger partial charge in [-0.25, -0.2) is 14.3 Å². The summed E-state index contributed by atoms with van der Waals surface area (Å²) in [6, 6.07) is 10.7. The molecule has 0 unspecified atom stereocenters. The van der Waals surface area contributed by atoms with Gasteiger partial charge >= 0.3 is 5.69 Å². The van der Waals surface area contributed by atoms with Gasteiger partial charge in [-0.3, -0.25) is 4.79 Å². The molecule has 3 heterocycles. The largest absolute Gasteiger partial charge is 0.384 e. The SMILES string of the molecule is CN(C)CC(=O)N1Cc2ccc(Nc3ncc4c(N)n(-c5c(Cl)cccc5Cl)c(=O)nc4n3)cc2C1. The number of anilines is 3. The van der Waals surface area contributed by atoms with Crippen molar-refractivity contribution < 1.29 is 4.79 Å². The molecule has 3 N–H and O–H groups in total. The second-order valence-electron chi connectivity index (χ2n) is 8.71. The van der Waals surface area contributed by atoms with Gasteiger partial charge in [-0.1, -0.05) is 35.3 Å². The van der Waals surface area contributed by atoms with E-state index in [1.165, 1.54) is 6.20 Å². The highest BCUT2D eigenvalue weighted by Gasteiger charge is 2.24. The third-order valence-corrected chi connectivity index (χ3v) is 6.44. The first-order valence-electron chi connectivity index (χ1n) is 11.0. The van der Waals surface area contributed by atoms with Crippen LogP contribution in [0.2, 0.25) is 10.0 Å². The number of hydrogen-bond donors (Lipinski definition) is 2. The molecule has 0 atom stereocenters. The number of nitrogens with zero attached hydrogens (tertiary/aromatic N) is 6. The van der Waals surface area contributed by atoms with Gasteiger partial charge in [-0.15, -0.1) is 0 Å². The van der Waals surface area contributed by atoms with E-state index in [1.54, 1.807) is 18.2 Å². The zero-order valence-corrected chi connectivity index (χ0v) is 21.0. The van der Waals surface area contributed by atoms with Crippen LogP contribution in [0.25, 0.3) is 16.7 Å². The van der Waals surface area contributed by atoms with Crippen LogP contribution in [-0.4, -0.2) is 55.9 Å². The van der Waals surface area contributed by atoms with Crippen LogP contribution >= 0.6 is 23.2 Å². The number of carbonyl (C=O) groups is 1. The van der Waals surface area contributed by atoms with Gasteiger partial charge in [-0.05, 0) is 49.5 Å². The molecular weight excluding hydrogens is 503 g/mol. The van der Waals surface area contributed by atoms with Gasteiger partial charge in [0.15, 0.2) is 5.65 Å². The van der Waals surface area contributed by atoms with Crippen molar-refractivity contribution in [2.24, 2.45) is 0 Å². The van der Waals surface area contributed by atoms with Crippen molar-refractivity contribution >= 4 is 57.6 Å². The van der Waals surface area contributed by atoms with Crippen LogP contribution in [-0.2, 0) is 17.9 Å². The maximum Gasteiger partial charge on any atom is 0.355 e. The lowest BCUT2D eigenvalue weighted by Gasteiger charge is -2.18. The van der Waals surface area contributed by atoms with E-state index in [4.69, 9.17) is 28.9 Å². The Balaban J connectivity index is 1.42. The highest BCUT2D eigenvalue weighted by Crippen LogP contribution is 2.31. The van der Waals surface area contributed by atoms with Gasteiger partial charge in [0, 0.05) is 25.0 Å². The van der Waals surface area contributed by atoms with Gasteiger partial charge in [0.2, 0.25) is 11.9 Å². The van der Waals surface area contributed by atoms with Crippen LogP contribution in [0.15, 0.2) is 47.4 Å². The third-order valence-electron chi connectivity index (χ3n) is 5.83. The predicted molar refractivity (Wildman–Crippen MR) is 140 cm³/mol. The zero-order chi connectivity index (χ0) is 25.6. The first-order chi connectivity index (χ1) is 17.2. The smallest absolute Gasteiger partial charge is 0.355 e. The maximum absolute atomic E-state index is 12.8. The van der Waals surface area contributed by atoms with E-state index in [2.05, 4.69) is 20.3 Å². The lowest BCUT2D eigenvalue weighted by atomic mass is 10.1. The Kier molecular flexibility index (Phi) is 6.25. The summed E-state index contributed by atoms with van der Waals surface area (Å²) in [4.78, 5) is 41.8. The highest BCUT2D eigenvalue weighted by atomic mass is 35.5. The van der Waals surface area contributed by atoms with Crippen molar-refractivity contribution in [2.45, 2.75) is 13.1 Å². The summed E-state index contributed by atoms with van der Waals surface area (Å²) in [5.74, 6) is 0.406. The molecule has 0 aliphatic carbocycles. The van der Waals surface area contributed by atoms with Crippen LogP contribution in [0.1, 0.15) is 11.1 Å². The molecular formula is C24H22Cl2N8O2. The second kappa shape index (κ2) is 9.38. The number of amides is 1. The lowest BCUT2D eigenvalue weighted by Crippen LogP contribution is -2.34. The molecule has 1 amide bonds. The fraction of sp³-hybridized carbons (Fsp3) is 0.208. The Hall–Kier alpha value is -3.73. The molecule has 2 aromatic heterocycles. The average molecular weight is 525 g/mol. The number of para-hydroxylation sites is 1. The van der Waals surface area contributed by atoms with E-state index in [-0.39, 0.29) is 39.1 Å². The van der Waals surface area contributed by atoms with Crippen LogP contribution in [0.4, 0.5) is 17.5 Å². The minimum Gasteiger partial charge on any atom is -0.384 e. The summed E-state index contributed by atoms with van der Waals surface area (Å²) in [7, 11) is 3.74. The molecule has 10 nitrogen and oxygen atoms in total. The number of carbonyl (C=O) groups excluding carboxylic acids is 1. The topological polar surface area (TPSA) is 122 Å². The summed E-state index contributed by atoms with van der Waals surface area (Å²) < 4.78 is 1.15. The molecule has 0 saturated carbocycles. The number of likely N-dealkylation sites (N-methyl/N-ethyl adjacent to an activating group) is 1. The van der Waals surface area contributed by atoms with Gasteiger partial charge in [0.05, 0.1) is 27.7 Å². The average Bonchev–Trinajstić information content (AvgIpc) is 3.24. The Bertz CT molecular complexity index is 1550. The number of halogens is 2. The molecule has 1 aliphatic rings. The van der Waals surface area contributed by atoms with E-state index < -0.39 is 5.69 Å². The molecule has 1 aliphatic heterocycles. The van der Waals surface area contributed by atoms with E-state index in [0.29, 0.717) is 25.0 Å². The lowest BCUT2D eigenvalue weighted by molar-refractivity contribution is -0.132. The molecule has 0 saturated heterocycles. The van der Waals surface area contributed by atoms with Crippen LogP contribution < -0.4 is 16.7 Å². The first-order valence-corrected chi connectivity index (χ1v) is 11.8. The Morgan fingerprint density at radius 1 is 1.11 bits per heavy atom. The molecule has 12 heteroatoms. The van der Waals surface area contributed by atoms with Crippen LogP contribution in [0, 0.1) is 0 Å². The number of rotatable bonds is 5. The van der Waals surface area contributed by atoms with Crippen molar-refractivity contribution in [3.63, 3.8) is 0 Å². The zero-order valence-electron chi connectivity index (χ0n) is 19.5. The Morgan fingerprint density at radius 2 is 1.83 bits per heavy atom. The summed E-state index contributed by atoms with van der Waals surface area (Å²) >= 11 is 12.5. The number of aromatic nitrogens is 4. The number of nitrogen functional groups attached to an aromatic ring is 1. The van der Waals surface area contributed by atoms with Crippen molar-refractivity contribution in [1.82, 2.24) is 29.3 Å². The predicted octanol–water partition coefficient (Wildman–Crippen LogP) is 3.21. The van der Waals surface area contributed by atoms with Gasteiger partial charge < -0.3 is 20.9 Å². The Morgan fingerprint density at radius 3 is 2.56 bits per heavy atom. The summed E-state index contributed by atoms with van der Waals surface area (Å²) in [5.41, 5.74) is 8.90. The van der Waals surface area contributed by atoms with Crippen molar-refractivity contribution in [1.29, 1.82) is 0 Å². The fourth-order valence-corrected chi connectivity index (χ4v) is 4.70. The second-order valence-corrected chi connectivity index (χ2v) is 9.53. The quantitative estimate of drug-likeness (QED) is 0.408. The van der Waals surface area contributed by atoms with Crippen LogP contribution in [0.3, 0.4) is 0 Å². The molecule has 0 bridgehead atoms. The molecule has 184 valence electrons. The van der Waals surface area contributed by atoms with Gasteiger partial charge in [0.1, 0.15) is 5.82 Å². The van der Waals surface area contributed by atoms with E-state index in [0.717, 1.165) is 21.4 Å². The first kappa shape index (κ1) is 24.0. The molecule has 2 aromatic carbocycles. The van der Waals surface area contributed by atoms with Crippen molar-refractivity contribution in [2.75, 3.05) is 31.7 Å². The van der Waals surface area contributed by atoms with Crippen molar-refractivity contribution in [3.05, 3.63) is 74.3 Å².